The van der Waals surface area contributed by atoms with E-state index in [2.05, 4.69) is 10.6 Å². The second kappa shape index (κ2) is 24.3. The number of carboxylic acids is 2. The first kappa shape index (κ1) is 56.0. The van der Waals surface area contributed by atoms with Gasteiger partial charge in [-0.1, -0.05) is 6.07 Å². The molecular formula is C38H52N2NaO26+. The Bertz CT molecular complexity index is 1910. The number of carbonyl (C=O) groups excluding carboxylic acids is 3. The minimum absolute atomic E-state index is 0. The van der Waals surface area contributed by atoms with Crippen molar-refractivity contribution in [3.05, 3.63) is 29.8 Å². The molecule has 1 aromatic rings. The minimum Gasteiger partial charge on any atom is -0.493 e. The van der Waals surface area contributed by atoms with Gasteiger partial charge in [0.05, 0.1) is 20.3 Å². The van der Waals surface area contributed by atoms with Gasteiger partial charge in [-0.3, -0.25) is 9.59 Å². The van der Waals surface area contributed by atoms with Gasteiger partial charge in [0.25, 0.3) is 0 Å². The van der Waals surface area contributed by atoms with Crippen molar-refractivity contribution >= 4 is 35.8 Å². The van der Waals surface area contributed by atoms with Crippen LogP contribution in [0, 0.1) is 0 Å². The van der Waals surface area contributed by atoms with E-state index in [1.807, 2.05) is 0 Å². The Morgan fingerprint density at radius 1 is 0.627 bits per heavy atom. The number of benzene rings is 1. The number of carboxylic acid groups (broad SMARTS) is 2. The van der Waals surface area contributed by atoms with E-state index in [0.29, 0.717) is 5.56 Å². The Hall–Kier alpha value is -3.57. The molecule has 4 saturated heterocycles. The SMILES string of the molecule is COc1cc(/C=C\C(=O)O)ccc1OC(=O)[C@H]1O[C@@H](O[C@H]2[C@H](O)[C@@H](CO)O[C@@H](O[C@H]3[C@H](O)[C@@H](O)[C@H](O[C@H]4[C@H](O)[C@@H](CO)O[C@@H](O)[C@@H]4NC(C)=O)O[C@@H]3C(=O)O)[C@@H]2NC(C)=O)[C@H](O)[C@@H](O)[C@@H]1O.[Na+]. The average molecular weight is 976 g/mol. The van der Waals surface area contributed by atoms with E-state index in [-0.39, 0.29) is 41.1 Å². The van der Waals surface area contributed by atoms with Gasteiger partial charge in [-0.15, -0.1) is 0 Å². The van der Waals surface area contributed by atoms with Gasteiger partial charge >= 0.3 is 47.5 Å². The quantitative estimate of drug-likeness (QED) is 0.0316. The van der Waals surface area contributed by atoms with Crippen molar-refractivity contribution in [2.24, 2.45) is 0 Å². The Kier molecular flexibility index (Phi) is 20.3. The fourth-order valence-electron chi connectivity index (χ4n) is 7.49. The number of aliphatic carboxylic acids is 2. The number of aliphatic hydroxyl groups is 10. The molecule has 370 valence electrons. The second-order valence-corrected chi connectivity index (χ2v) is 15.4. The molecule has 4 aliphatic rings. The predicted molar refractivity (Wildman–Crippen MR) is 206 cm³/mol. The van der Waals surface area contributed by atoms with Crippen LogP contribution >= 0.6 is 0 Å². The Morgan fingerprint density at radius 3 is 1.69 bits per heavy atom. The van der Waals surface area contributed by atoms with Crippen LogP contribution in [-0.4, -0.2) is 234 Å². The van der Waals surface area contributed by atoms with Crippen LogP contribution in [0.3, 0.4) is 0 Å². The molecule has 2 amide bonds. The molecule has 14 N–H and O–H groups in total. The van der Waals surface area contributed by atoms with E-state index in [1.165, 1.54) is 31.4 Å². The van der Waals surface area contributed by atoms with Crippen LogP contribution in [0.5, 0.6) is 11.5 Å². The van der Waals surface area contributed by atoms with Crippen LogP contribution in [0.1, 0.15) is 19.4 Å². The third kappa shape index (κ3) is 13.0. The van der Waals surface area contributed by atoms with Gasteiger partial charge in [0.1, 0.15) is 85.3 Å². The van der Waals surface area contributed by atoms with Gasteiger partial charge in [0.15, 0.2) is 48.9 Å². The standard InChI is InChI=1S/C38H52N2O26.Na/c1-11(43)39-19-28(21(47)16(9-41)60-34(19)56)62-38-27(53)25(51)30(32(66-38)33(54)55)64-36-20(40-12(2)44)29(22(48)17(10-42)61-36)63-37-26(52)23(49)24(50)31(65-37)35(57)59-14-6-4-13(5-7-18(45)46)8-15(14)58-3;/h4-8,16-17,19-32,34,36-38,41-42,47-53,56H,9-10H2,1-3H3,(H,39,43)(H,40,44)(H,45,46)(H,54,55);/q;+1/b7-5-;/t16-,17-,19-,20-,21-,22-,23+,24+,25-,26-,27-,28-,29-,30+,31+,32+,34-,36+,37-,38-;/m1./s1. The Morgan fingerprint density at radius 2 is 1.15 bits per heavy atom. The van der Waals surface area contributed by atoms with E-state index in [1.54, 1.807) is 0 Å². The van der Waals surface area contributed by atoms with Gasteiger partial charge in [-0.2, -0.15) is 0 Å². The number of amides is 2. The third-order valence-corrected chi connectivity index (χ3v) is 10.7. The van der Waals surface area contributed by atoms with E-state index < -0.39 is 166 Å². The van der Waals surface area contributed by atoms with Crippen LogP contribution in [0.15, 0.2) is 24.3 Å². The van der Waals surface area contributed by atoms with Crippen molar-refractivity contribution in [1.82, 2.24) is 10.6 Å². The zero-order chi connectivity index (χ0) is 48.9. The molecular weight excluding hydrogens is 923 g/mol. The van der Waals surface area contributed by atoms with Crippen molar-refractivity contribution in [2.75, 3.05) is 20.3 Å². The molecule has 0 saturated carbocycles. The van der Waals surface area contributed by atoms with Crippen molar-refractivity contribution < 1.29 is 157 Å². The maximum atomic E-state index is 13.4. The van der Waals surface area contributed by atoms with Crippen molar-refractivity contribution in [2.45, 2.75) is 137 Å². The summed E-state index contributed by atoms with van der Waals surface area (Å²) in [5.74, 6) is -6.58. The molecule has 1 aromatic carbocycles. The molecule has 67 heavy (non-hydrogen) atoms. The maximum Gasteiger partial charge on any atom is 1.00 e. The number of aliphatic hydroxyl groups excluding tert-OH is 10. The number of nitrogens with one attached hydrogen (secondary N) is 2. The largest absolute Gasteiger partial charge is 1.00 e. The van der Waals surface area contributed by atoms with Crippen LogP contribution in [-0.2, 0) is 57.1 Å². The summed E-state index contributed by atoms with van der Waals surface area (Å²) in [6.45, 7) is 0.0498. The normalized spacial score (nSPS) is 38.8. The van der Waals surface area contributed by atoms with Crippen LogP contribution in [0.4, 0.5) is 0 Å². The minimum atomic E-state index is -2.34. The average Bonchev–Trinajstić information content (AvgIpc) is 3.26. The summed E-state index contributed by atoms with van der Waals surface area (Å²) in [4.78, 5) is 61.5. The second-order valence-electron chi connectivity index (χ2n) is 15.4. The molecule has 0 radical (unpaired) electrons. The smallest absolute Gasteiger partial charge is 0.493 e. The molecule has 4 aliphatic heterocycles. The van der Waals surface area contributed by atoms with Crippen LogP contribution in [0.2, 0.25) is 0 Å². The molecule has 4 fully saturated rings. The number of carbonyl (C=O) groups is 5. The van der Waals surface area contributed by atoms with Gasteiger partial charge in [0, 0.05) is 19.9 Å². The first-order valence-corrected chi connectivity index (χ1v) is 19.9. The van der Waals surface area contributed by atoms with E-state index >= 15 is 0 Å². The van der Waals surface area contributed by atoms with E-state index in [4.69, 9.17) is 47.7 Å². The van der Waals surface area contributed by atoms with Crippen molar-refractivity contribution in [3.8, 4) is 11.5 Å². The fourth-order valence-corrected chi connectivity index (χ4v) is 7.49. The van der Waals surface area contributed by atoms with Crippen LogP contribution in [0.25, 0.3) is 6.08 Å². The number of methoxy groups -OCH3 is 1. The molecule has 0 aliphatic carbocycles. The fraction of sp³-hybridized carbons (Fsp3) is 0.658. The maximum absolute atomic E-state index is 13.4. The molecule has 4 heterocycles. The Balaban J connectivity index is 0.00000980. The molecule has 0 aromatic heterocycles. The number of rotatable bonds is 16. The van der Waals surface area contributed by atoms with Gasteiger partial charge < -0.3 is 115 Å². The third-order valence-electron chi connectivity index (χ3n) is 10.7. The molecule has 0 bridgehead atoms. The van der Waals surface area contributed by atoms with Crippen molar-refractivity contribution in [3.63, 3.8) is 0 Å². The van der Waals surface area contributed by atoms with Gasteiger partial charge in [0.2, 0.25) is 11.8 Å². The van der Waals surface area contributed by atoms with Gasteiger partial charge in [-0.05, 0) is 23.8 Å². The predicted octanol–water partition coefficient (Wildman–Crippen LogP) is -10.6. The zero-order valence-corrected chi connectivity index (χ0v) is 37.9. The van der Waals surface area contributed by atoms with Crippen molar-refractivity contribution in [1.29, 1.82) is 0 Å². The first-order valence-electron chi connectivity index (χ1n) is 19.9. The van der Waals surface area contributed by atoms with E-state index in [9.17, 15) is 80.1 Å². The topological polar surface area (TPSA) is 435 Å². The summed E-state index contributed by atoms with van der Waals surface area (Å²) in [5, 5.41) is 131. The molecule has 29 heteroatoms. The molecule has 20 atom stereocenters. The Labute approximate surface area is 400 Å². The van der Waals surface area contributed by atoms with Gasteiger partial charge in [-0.25, -0.2) is 14.4 Å². The number of hydrogen-bond donors (Lipinski definition) is 14. The summed E-state index contributed by atoms with van der Waals surface area (Å²) >= 11 is 0. The number of hydrogen-bond acceptors (Lipinski definition) is 24. The molecule has 0 unspecified atom stereocenters. The molecule has 5 rings (SSSR count). The summed E-state index contributed by atoms with van der Waals surface area (Å²) < 4.78 is 49.6. The first-order chi connectivity index (χ1) is 31.1. The number of ether oxygens (including phenoxy) is 9. The summed E-state index contributed by atoms with van der Waals surface area (Å²) in [6.07, 6.45) is -35.3. The molecule has 28 nitrogen and oxygen atoms in total. The number of esters is 1. The van der Waals surface area contributed by atoms with E-state index in [0.717, 1.165) is 19.9 Å². The summed E-state index contributed by atoms with van der Waals surface area (Å²) in [6, 6.07) is 0.371. The molecule has 0 spiro atoms. The monoisotopic (exact) mass is 975 g/mol. The zero-order valence-electron chi connectivity index (χ0n) is 35.9. The summed E-state index contributed by atoms with van der Waals surface area (Å²) in [7, 11) is 1.19. The summed E-state index contributed by atoms with van der Waals surface area (Å²) in [5.41, 5.74) is 0.309. The van der Waals surface area contributed by atoms with Crippen LogP contribution < -0.4 is 49.7 Å².